The highest BCUT2D eigenvalue weighted by Gasteiger charge is 2.32. The third-order valence-electron chi connectivity index (χ3n) is 1.96. The second-order valence-electron chi connectivity index (χ2n) is 5.20. The Kier molecular flexibility index (Phi) is 7.91. The Hall–Kier alpha value is -1.12. The lowest BCUT2D eigenvalue weighted by molar-refractivity contribution is -0.187. The zero-order valence-electron chi connectivity index (χ0n) is 12.4. The first kappa shape index (κ1) is 19.9. The lowest BCUT2D eigenvalue weighted by Crippen LogP contribution is -2.45. The topological polar surface area (TPSA) is 64.6 Å². The molecule has 0 aromatic heterocycles. The van der Waals surface area contributed by atoms with Gasteiger partial charge in [-0.05, 0) is 39.2 Å². The fourth-order valence-corrected chi connectivity index (χ4v) is 1.66. The van der Waals surface area contributed by atoms with E-state index in [9.17, 15) is 22.8 Å². The van der Waals surface area contributed by atoms with Gasteiger partial charge >= 0.3 is 18.2 Å². The van der Waals surface area contributed by atoms with Gasteiger partial charge in [0.2, 0.25) is 0 Å². The minimum absolute atomic E-state index is 0.150. The van der Waals surface area contributed by atoms with Crippen LogP contribution in [0.3, 0.4) is 0 Å². The highest BCUT2D eigenvalue weighted by Crippen LogP contribution is 2.15. The van der Waals surface area contributed by atoms with Crippen LogP contribution in [0.2, 0.25) is 0 Å². The predicted molar refractivity (Wildman–Crippen MR) is 73.2 cm³/mol. The summed E-state index contributed by atoms with van der Waals surface area (Å²) in [5, 5.41) is 2.23. The van der Waals surface area contributed by atoms with E-state index < -0.39 is 36.5 Å². The summed E-state index contributed by atoms with van der Waals surface area (Å²) in [5.74, 6) is -0.658. The number of alkyl carbamates (subject to hydrolysis) is 1. The fourth-order valence-electron chi connectivity index (χ4n) is 1.19. The monoisotopic (exact) mass is 331 g/mol. The van der Waals surface area contributed by atoms with E-state index in [1.807, 2.05) is 0 Å². The number of ether oxygens (including phenoxy) is 2. The summed E-state index contributed by atoms with van der Waals surface area (Å²) < 4.78 is 45.2. The predicted octanol–water partition coefficient (Wildman–Crippen LogP) is 2.74. The van der Waals surface area contributed by atoms with Crippen molar-refractivity contribution >= 4 is 23.8 Å². The number of halogens is 3. The normalized spacial score (nSPS) is 13.5. The molecule has 0 spiro atoms. The molecule has 0 fully saturated rings. The van der Waals surface area contributed by atoms with Crippen molar-refractivity contribution in [2.75, 3.05) is 18.6 Å². The SMILES string of the molecule is CSCC[C@H](NC(=O)OC(C)(C)C)C(=O)OCC(F)(F)F. The fraction of sp³-hybridized carbons (Fsp3) is 0.833. The van der Waals surface area contributed by atoms with Crippen molar-refractivity contribution in [1.82, 2.24) is 5.32 Å². The number of hydrogen-bond acceptors (Lipinski definition) is 5. The molecule has 0 unspecified atom stereocenters. The molecule has 0 saturated carbocycles. The van der Waals surface area contributed by atoms with Crippen molar-refractivity contribution in [2.24, 2.45) is 0 Å². The van der Waals surface area contributed by atoms with Crippen LogP contribution in [0.5, 0.6) is 0 Å². The number of hydrogen-bond donors (Lipinski definition) is 1. The van der Waals surface area contributed by atoms with E-state index in [1.54, 1.807) is 27.0 Å². The number of thioether (sulfide) groups is 1. The number of nitrogens with one attached hydrogen (secondary N) is 1. The zero-order chi connectivity index (χ0) is 16.7. The maximum absolute atomic E-state index is 12.0. The minimum atomic E-state index is -4.61. The van der Waals surface area contributed by atoms with Crippen LogP contribution in [-0.2, 0) is 14.3 Å². The van der Waals surface area contributed by atoms with Crippen LogP contribution in [0.15, 0.2) is 0 Å². The molecule has 0 aliphatic rings. The van der Waals surface area contributed by atoms with Crippen LogP contribution in [0.1, 0.15) is 27.2 Å². The van der Waals surface area contributed by atoms with Crippen LogP contribution < -0.4 is 5.32 Å². The Morgan fingerprint density at radius 1 is 1.24 bits per heavy atom. The lowest BCUT2D eigenvalue weighted by Gasteiger charge is -2.23. The van der Waals surface area contributed by atoms with Gasteiger partial charge in [-0.2, -0.15) is 24.9 Å². The third kappa shape index (κ3) is 11.2. The average molecular weight is 331 g/mol. The molecule has 0 bridgehead atoms. The van der Waals surface area contributed by atoms with Crippen LogP contribution in [0.25, 0.3) is 0 Å². The molecule has 0 radical (unpaired) electrons. The van der Waals surface area contributed by atoms with E-state index in [4.69, 9.17) is 4.74 Å². The van der Waals surface area contributed by atoms with E-state index in [0.717, 1.165) is 0 Å². The third-order valence-corrected chi connectivity index (χ3v) is 2.61. The molecule has 124 valence electrons. The first-order valence-electron chi connectivity index (χ1n) is 6.16. The van der Waals surface area contributed by atoms with Gasteiger partial charge in [0.25, 0.3) is 0 Å². The quantitative estimate of drug-likeness (QED) is 0.758. The summed E-state index contributed by atoms with van der Waals surface area (Å²) >= 11 is 1.39. The highest BCUT2D eigenvalue weighted by molar-refractivity contribution is 7.98. The maximum atomic E-state index is 12.0. The summed E-state index contributed by atoms with van der Waals surface area (Å²) in [6.07, 6.45) is -3.56. The van der Waals surface area contributed by atoms with Crippen LogP contribution in [0.4, 0.5) is 18.0 Å². The van der Waals surface area contributed by atoms with Gasteiger partial charge < -0.3 is 14.8 Å². The molecule has 0 aliphatic heterocycles. The number of rotatable bonds is 6. The molecule has 1 atom stereocenters. The first-order chi connectivity index (χ1) is 9.44. The molecule has 0 rings (SSSR count). The summed E-state index contributed by atoms with van der Waals surface area (Å²) in [7, 11) is 0. The first-order valence-corrected chi connectivity index (χ1v) is 7.56. The Bertz CT molecular complexity index is 355. The average Bonchev–Trinajstić information content (AvgIpc) is 2.28. The van der Waals surface area contributed by atoms with Crippen molar-refractivity contribution in [1.29, 1.82) is 0 Å². The Labute approximate surface area is 125 Å². The van der Waals surface area contributed by atoms with Crippen LogP contribution in [-0.4, -0.2) is 48.5 Å². The second-order valence-corrected chi connectivity index (χ2v) is 6.19. The van der Waals surface area contributed by atoms with E-state index in [2.05, 4.69) is 10.1 Å². The smallest absolute Gasteiger partial charge is 0.422 e. The van der Waals surface area contributed by atoms with Gasteiger partial charge in [-0.25, -0.2) is 9.59 Å². The summed E-state index contributed by atoms with van der Waals surface area (Å²) in [5.41, 5.74) is -0.774. The van der Waals surface area contributed by atoms with Gasteiger partial charge in [0.15, 0.2) is 6.61 Å². The summed E-state index contributed by atoms with van der Waals surface area (Å²) in [4.78, 5) is 23.2. The Morgan fingerprint density at radius 3 is 2.24 bits per heavy atom. The largest absolute Gasteiger partial charge is 0.455 e. The molecule has 0 heterocycles. The van der Waals surface area contributed by atoms with Crippen molar-refractivity contribution in [3.05, 3.63) is 0 Å². The van der Waals surface area contributed by atoms with Gasteiger partial charge in [0, 0.05) is 0 Å². The van der Waals surface area contributed by atoms with E-state index in [1.165, 1.54) is 11.8 Å². The summed E-state index contributed by atoms with van der Waals surface area (Å²) in [6.45, 7) is 3.21. The molecule has 1 amide bonds. The van der Waals surface area contributed by atoms with Crippen LogP contribution in [0, 0.1) is 0 Å². The molecule has 1 N–H and O–H groups in total. The maximum Gasteiger partial charge on any atom is 0.422 e. The molecule has 21 heavy (non-hydrogen) atoms. The number of carbonyl (C=O) groups is 2. The van der Waals surface area contributed by atoms with Gasteiger partial charge in [-0.1, -0.05) is 0 Å². The van der Waals surface area contributed by atoms with Crippen LogP contribution >= 0.6 is 11.8 Å². The van der Waals surface area contributed by atoms with Crippen molar-refractivity contribution in [3.8, 4) is 0 Å². The van der Waals surface area contributed by atoms with E-state index in [-0.39, 0.29) is 6.42 Å². The Balaban J connectivity index is 4.56. The van der Waals surface area contributed by atoms with Crippen molar-refractivity contribution in [2.45, 2.75) is 45.0 Å². The minimum Gasteiger partial charge on any atom is -0.455 e. The Morgan fingerprint density at radius 2 is 1.81 bits per heavy atom. The molecular weight excluding hydrogens is 311 g/mol. The molecule has 0 aromatic carbocycles. The molecule has 0 aliphatic carbocycles. The van der Waals surface area contributed by atoms with Crippen molar-refractivity contribution < 1.29 is 32.2 Å². The second kappa shape index (κ2) is 8.35. The number of carbonyl (C=O) groups excluding carboxylic acids is 2. The standard InChI is InChI=1S/C12H20F3NO4S/c1-11(2,3)20-10(18)16-8(5-6-21-4)9(17)19-7-12(13,14)15/h8H,5-7H2,1-4H3,(H,16,18)/t8-/m0/s1. The van der Waals surface area contributed by atoms with Gasteiger partial charge in [0.05, 0.1) is 0 Å². The number of amides is 1. The van der Waals surface area contributed by atoms with E-state index in [0.29, 0.717) is 5.75 Å². The van der Waals surface area contributed by atoms with Crippen molar-refractivity contribution in [3.63, 3.8) is 0 Å². The highest BCUT2D eigenvalue weighted by atomic mass is 32.2. The molecule has 0 aromatic rings. The van der Waals surface area contributed by atoms with E-state index >= 15 is 0 Å². The van der Waals surface area contributed by atoms with Gasteiger partial charge in [0.1, 0.15) is 11.6 Å². The lowest BCUT2D eigenvalue weighted by atomic mass is 10.2. The molecule has 9 heteroatoms. The number of alkyl halides is 3. The molecular formula is C12H20F3NO4S. The van der Waals surface area contributed by atoms with Gasteiger partial charge in [-0.3, -0.25) is 0 Å². The molecule has 0 saturated heterocycles. The molecule has 5 nitrogen and oxygen atoms in total. The zero-order valence-corrected chi connectivity index (χ0v) is 13.2. The number of esters is 1. The summed E-state index contributed by atoms with van der Waals surface area (Å²) in [6, 6.07) is -1.17. The van der Waals surface area contributed by atoms with Gasteiger partial charge in [-0.15, -0.1) is 0 Å².